The van der Waals surface area contributed by atoms with E-state index in [1.807, 2.05) is 0 Å². The molecule has 0 atom stereocenters. The first-order valence-electron chi connectivity index (χ1n) is 6.29. The van der Waals surface area contributed by atoms with E-state index >= 15 is 0 Å². The van der Waals surface area contributed by atoms with E-state index in [4.69, 9.17) is 22.1 Å². The summed E-state index contributed by atoms with van der Waals surface area (Å²) in [7, 11) is 0. The van der Waals surface area contributed by atoms with Crippen molar-refractivity contribution in [1.82, 2.24) is 0 Å². The van der Waals surface area contributed by atoms with Gasteiger partial charge < -0.3 is 15.8 Å². The lowest BCUT2D eigenvalue weighted by molar-refractivity contribution is 0.102. The zero-order chi connectivity index (χ0) is 15.2. The number of hydrogen-bond acceptors (Lipinski definition) is 3. The van der Waals surface area contributed by atoms with Crippen molar-refractivity contribution >= 4 is 23.2 Å². The molecule has 0 unspecified atom stereocenters. The third kappa shape index (κ3) is 4.18. The number of carbonyl (C=O) groups excluding carboxylic acids is 1. The lowest BCUT2D eigenvalue weighted by atomic mass is 10.2. The number of nitrogens with one attached hydrogen (secondary N) is 1. The van der Waals surface area contributed by atoms with Crippen LogP contribution in [0, 0.1) is 5.82 Å². The number of halogens is 2. The first-order chi connectivity index (χ1) is 10.1. The predicted molar refractivity (Wildman–Crippen MR) is 80.4 cm³/mol. The summed E-state index contributed by atoms with van der Waals surface area (Å²) in [6, 6.07) is 10.6. The van der Waals surface area contributed by atoms with Crippen LogP contribution in [0.25, 0.3) is 0 Å². The Hall–Kier alpha value is -2.11. The average molecular weight is 309 g/mol. The molecule has 2 rings (SSSR count). The number of nitrogens with two attached hydrogens (primary N) is 1. The average Bonchev–Trinajstić information content (AvgIpc) is 2.46. The smallest absolute Gasteiger partial charge is 0.258 e. The zero-order valence-electron chi connectivity index (χ0n) is 11.1. The van der Waals surface area contributed by atoms with Crippen LogP contribution in [-0.2, 0) is 0 Å². The van der Waals surface area contributed by atoms with Crippen LogP contribution in [0.1, 0.15) is 10.4 Å². The fourth-order valence-electron chi connectivity index (χ4n) is 1.68. The number of ether oxygens (including phenoxy) is 1. The van der Waals surface area contributed by atoms with Gasteiger partial charge in [0.05, 0.1) is 5.56 Å². The van der Waals surface area contributed by atoms with Gasteiger partial charge in [0.2, 0.25) is 0 Å². The fourth-order valence-corrected chi connectivity index (χ4v) is 1.84. The van der Waals surface area contributed by atoms with Gasteiger partial charge in [-0.3, -0.25) is 4.79 Å². The molecule has 4 nitrogen and oxygen atoms in total. The molecule has 2 aromatic carbocycles. The number of anilines is 1. The van der Waals surface area contributed by atoms with Crippen LogP contribution < -0.4 is 15.8 Å². The molecular weight excluding hydrogens is 295 g/mol. The maximum Gasteiger partial charge on any atom is 0.258 e. The Morgan fingerprint density at radius 1 is 1.24 bits per heavy atom. The lowest BCUT2D eigenvalue weighted by Gasteiger charge is -2.08. The third-order valence-electron chi connectivity index (χ3n) is 2.67. The molecule has 0 fully saturated rings. The highest BCUT2D eigenvalue weighted by Crippen LogP contribution is 2.18. The summed E-state index contributed by atoms with van der Waals surface area (Å²) in [6.07, 6.45) is 0. The maximum atomic E-state index is 13.6. The van der Waals surface area contributed by atoms with Crippen LogP contribution in [0.2, 0.25) is 5.02 Å². The van der Waals surface area contributed by atoms with E-state index in [-0.39, 0.29) is 10.6 Å². The minimum Gasteiger partial charge on any atom is -0.492 e. The Labute approximate surface area is 126 Å². The molecule has 2 aromatic rings. The minimum atomic E-state index is -0.664. The van der Waals surface area contributed by atoms with Crippen molar-refractivity contribution in [2.75, 3.05) is 18.5 Å². The van der Waals surface area contributed by atoms with Crippen molar-refractivity contribution in [2.45, 2.75) is 0 Å². The molecule has 0 heterocycles. The predicted octanol–water partition coefficient (Wildman–Crippen LogP) is 3.07. The van der Waals surface area contributed by atoms with Crippen LogP contribution in [0.15, 0.2) is 42.5 Å². The maximum absolute atomic E-state index is 13.6. The molecule has 0 aromatic heterocycles. The number of rotatable bonds is 5. The summed E-state index contributed by atoms with van der Waals surface area (Å²) in [5.41, 5.74) is 5.80. The topological polar surface area (TPSA) is 64.3 Å². The molecule has 21 heavy (non-hydrogen) atoms. The molecule has 0 saturated carbocycles. The second kappa shape index (κ2) is 7.06. The molecule has 0 aliphatic rings. The highest BCUT2D eigenvalue weighted by molar-refractivity contribution is 6.30. The molecule has 110 valence electrons. The van der Waals surface area contributed by atoms with Gasteiger partial charge in [0.15, 0.2) is 0 Å². The first-order valence-corrected chi connectivity index (χ1v) is 6.67. The van der Waals surface area contributed by atoms with Crippen LogP contribution in [0.4, 0.5) is 10.1 Å². The van der Waals surface area contributed by atoms with E-state index < -0.39 is 11.7 Å². The van der Waals surface area contributed by atoms with Gasteiger partial charge >= 0.3 is 0 Å². The Morgan fingerprint density at radius 3 is 2.57 bits per heavy atom. The van der Waals surface area contributed by atoms with Gasteiger partial charge in [-0.15, -0.1) is 0 Å². The lowest BCUT2D eigenvalue weighted by Crippen LogP contribution is -2.14. The Bertz CT molecular complexity index is 632. The third-order valence-corrected chi connectivity index (χ3v) is 2.91. The molecule has 0 aliphatic heterocycles. The number of amides is 1. The van der Waals surface area contributed by atoms with Gasteiger partial charge in [-0.25, -0.2) is 4.39 Å². The van der Waals surface area contributed by atoms with E-state index in [1.54, 1.807) is 24.3 Å². The normalized spacial score (nSPS) is 10.2. The minimum absolute atomic E-state index is 0.0668. The molecular formula is C15H14ClFN2O2. The van der Waals surface area contributed by atoms with E-state index in [1.165, 1.54) is 12.1 Å². The SMILES string of the molecule is NCCOc1ccc(NC(=O)c2ccc(Cl)cc2F)cc1. The van der Waals surface area contributed by atoms with Crippen molar-refractivity contribution in [1.29, 1.82) is 0 Å². The van der Waals surface area contributed by atoms with Gasteiger partial charge in [-0.05, 0) is 42.5 Å². The second-order valence-electron chi connectivity index (χ2n) is 4.24. The standard InChI is InChI=1S/C15H14ClFN2O2/c16-10-1-6-13(14(17)9-10)15(20)19-11-2-4-12(5-3-11)21-8-7-18/h1-6,9H,7-8,18H2,(H,19,20). The van der Waals surface area contributed by atoms with Crippen molar-refractivity contribution in [2.24, 2.45) is 5.73 Å². The number of benzene rings is 2. The van der Waals surface area contributed by atoms with Gasteiger partial charge in [0.1, 0.15) is 18.2 Å². The van der Waals surface area contributed by atoms with Crippen LogP contribution >= 0.6 is 11.6 Å². The summed E-state index contributed by atoms with van der Waals surface area (Å²) in [6.45, 7) is 0.843. The van der Waals surface area contributed by atoms with Gasteiger partial charge in [-0.1, -0.05) is 11.6 Å². The van der Waals surface area contributed by atoms with Gasteiger partial charge in [0.25, 0.3) is 5.91 Å². The Morgan fingerprint density at radius 2 is 1.95 bits per heavy atom. The van der Waals surface area contributed by atoms with Crippen molar-refractivity contribution in [3.63, 3.8) is 0 Å². The molecule has 0 aliphatic carbocycles. The Kier molecular flexibility index (Phi) is 5.14. The van der Waals surface area contributed by atoms with E-state index in [2.05, 4.69) is 5.32 Å². The van der Waals surface area contributed by atoms with Crippen molar-refractivity contribution < 1.29 is 13.9 Å². The summed E-state index contributed by atoms with van der Waals surface area (Å²) in [5, 5.41) is 2.84. The number of hydrogen-bond donors (Lipinski definition) is 2. The summed E-state index contributed by atoms with van der Waals surface area (Å²) in [4.78, 5) is 12.0. The monoisotopic (exact) mass is 308 g/mol. The van der Waals surface area contributed by atoms with Crippen molar-refractivity contribution in [3.8, 4) is 5.75 Å². The van der Waals surface area contributed by atoms with Crippen LogP contribution in [0.3, 0.4) is 0 Å². The zero-order valence-corrected chi connectivity index (χ0v) is 11.9. The largest absolute Gasteiger partial charge is 0.492 e. The molecule has 1 amide bonds. The molecule has 3 N–H and O–H groups in total. The summed E-state index contributed by atoms with van der Waals surface area (Å²) >= 11 is 5.65. The highest BCUT2D eigenvalue weighted by atomic mass is 35.5. The molecule has 0 bridgehead atoms. The summed E-state index contributed by atoms with van der Waals surface area (Å²) < 4.78 is 18.9. The van der Waals surface area contributed by atoms with E-state index in [0.29, 0.717) is 24.6 Å². The molecule has 0 saturated heterocycles. The van der Waals surface area contributed by atoms with Crippen molar-refractivity contribution in [3.05, 3.63) is 58.9 Å². The quantitative estimate of drug-likeness (QED) is 0.892. The summed E-state index contributed by atoms with van der Waals surface area (Å²) in [5.74, 6) is -0.557. The second-order valence-corrected chi connectivity index (χ2v) is 4.68. The highest BCUT2D eigenvalue weighted by Gasteiger charge is 2.12. The van der Waals surface area contributed by atoms with Crippen LogP contribution in [-0.4, -0.2) is 19.1 Å². The number of carbonyl (C=O) groups is 1. The Balaban J connectivity index is 2.05. The van der Waals surface area contributed by atoms with E-state index in [9.17, 15) is 9.18 Å². The van der Waals surface area contributed by atoms with Gasteiger partial charge in [0, 0.05) is 17.3 Å². The molecule has 0 spiro atoms. The molecule has 6 heteroatoms. The van der Waals surface area contributed by atoms with Gasteiger partial charge in [-0.2, -0.15) is 0 Å². The van der Waals surface area contributed by atoms with E-state index in [0.717, 1.165) is 6.07 Å². The molecule has 0 radical (unpaired) electrons. The van der Waals surface area contributed by atoms with Crippen LogP contribution in [0.5, 0.6) is 5.75 Å². The fraction of sp³-hybridized carbons (Fsp3) is 0.133. The first kappa shape index (κ1) is 15.3.